The minimum Gasteiger partial charge on any atom is -0.444 e. The van der Waals surface area contributed by atoms with Crippen molar-refractivity contribution in [1.29, 1.82) is 0 Å². The van der Waals surface area contributed by atoms with Crippen LogP contribution < -0.4 is 0 Å². The van der Waals surface area contributed by atoms with Gasteiger partial charge in [0.25, 0.3) is 0 Å². The summed E-state index contributed by atoms with van der Waals surface area (Å²) in [6, 6.07) is -0.335. The van der Waals surface area contributed by atoms with Gasteiger partial charge in [0.1, 0.15) is 11.8 Å². The third kappa shape index (κ3) is 7.31. The van der Waals surface area contributed by atoms with Gasteiger partial charge in [0.05, 0.1) is 12.6 Å². The quantitative estimate of drug-likeness (QED) is 0.257. The number of hydrogen-bond acceptors (Lipinski definition) is 4. The molecule has 0 aliphatic carbocycles. The predicted molar refractivity (Wildman–Crippen MR) is 107 cm³/mol. The van der Waals surface area contributed by atoms with Crippen LogP contribution in [0.15, 0.2) is 5.11 Å². The molecule has 0 saturated carbocycles. The summed E-state index contributed by atoms with van der Waals surface area (Å²) < 4.78 is 26.1. The van der Waals surface area contributed by atoms with Crippen molar-refractivity contribution in [2.75, 3.05) is 13.1 Å². The Morgan fingerprint density at radius 3 is 2.41 bits per heavy atom. The molecule has 3 atom stereocenters. The first-order chi connectivity index (χ1) is 12.2. The third-order valence-corrected chi connectivity index (χ3v) is 9.68. The molecule has 0 spiro atoms. The molecule has 1 aliphatic rings. The summed E-state index contributed by atoms with van der Waals surface area (Å²) in [6.07, 6.45) is -1.24. The molecular formula is C18H35FN4O3Si. The fourth-order valence-corrected chi connectivity index (χ4v) is 4.17. The van der Waals surface area contributed by atoms with Crippen LogP contribution in [0.3, 0.4) is 0 Å². The third-order valence-electron chi connectivity index (χ3n) is 5.14. The van der Waals surface area contributed by atoms with E-state index < -0.39 is 26.2 Å². The smallest absolute Gasteiger partial charge is 0.410 e. The molecule has 0 bridgehead atoms. The van der Waals surface area contributed by atoms with Crippen LogP contribution in [0.5, 0.6) is 0 Å². The normalized spacial score (nSPS) is 22.3. The maximum absolute atomic E-state index is 14.2. The van der Waals surface area contributed by atoms with Crippen molar-refractivity contribution < 1.29 is 18.3 Å². The topological polar surface area (TPSA) is 87.5 Å². The van der Waals surface area contributed by atoms with E-state index in [1.165, 1.54) is 0 Å². The average Bonchev–Trinajstić information content (AvgIpc) is 2.84. The van der Waals surface area contributed by atoms with E-state index in [0.29, 0.717) is 13.0 Å². The summed E-state index contributed by atoms with van der Waals surface area (Å²) in [5.41, 5.74) is 7.76. The van der Waals surface area contributed by atoms with Gasteiger partial charge in [0, 0.05) is 17.5 Å². The number of nitrogens with zero attached hydrogens (tertiary/aromatic N) is 4. The van der Waals surface area contributed by atoms with Crippen molar-refractivity contribution >= 4 is 14.4 Å². The SMILES string of the molecule is CC(C)(C)OC(=O)N1C[C@H](O[Si](C)(C)C(C)(C)C)C[C@@H]1CC(F)CN=[N+]=[N-]. The molecule has 1 aliphatic heterocycles. The maximum Gasteiger partial charge on any atom is 0.410 e. The first kappa shape index (κ1) is 23.7. The van der Waals surface area contributed by atoms with Crippen LogP contribution in [0, 0.1) is 0 Å². The number of likely N-dealkylation sites (tertiary alicyclic amines) is 1. The van der Waals surface area contributed by atoms with E-state index in [9.17, 15) is 9.18 Å². The van der Waals surface area contributed by atoms with Gasteiger partial charge in [0.2, 0.25) is 0 Å². The number of rotatable bonds is 6. The zero-order valence-electron chi connectivity index (χ0n) is 18.0. The van der Waals surface area contributed by atoms with Gasteiger partial charge in [-0.3, -0.25) is 0 Å². The van der Waals surface area contributed by atoms with E-state index >= 15 is 0 Å². The molecule has 1 rings (SSSR count). The van der Waals surface area contributed by atoms with Crippen molar-refractivity contribution in [3.63, 3.8) is 0 Å². The fourth-order valence-electron chi connectivity index (χ4n) is 2.82. The fraction of sp³-hybridized carbons (Fsp3) is 0.944. The van der Waals surface area contributed by atoms with Crippen molar-refractivity contribution in [2.45, 2.75) is 96.4 Å². The number of carbonyl (C=O) groups is 1. The van der Waals surface area contributed by atoms with Crippen LogP contribution in [-0.2, 0) is 9.16 Å². The van der Waals surface area contributed by atoms with E-state index in [-0.39, 0.29) is 30.1 Å². The van der Waals surface area contributed by atoms with E-state index in [0.717, 1.165) is 0 Å². The molecule has 0 aromatic rings. The van der Waals surface area contributed by atoms with Gasteiger partial charge in [-0.25, -0.2) is 9.18 Å². The minimum atomic E-state index is -2.01. The van der Waals surface area contributed by atoms with E-state index in [1.54, 1.807) is 25.7 Å². The first-order valence-corrected chi connectivity index (χ1v) is 12.4. The lowest BCUT2D eigenvalue weighted by molar-refractivity contribution is 0.0190. The van der Waals surface area contributed by atoms with E-state index in [2.05, 4.69) is 43.9 Å². The van der Waals surface area contributed by atoms with Crippen molar-refractivity contribution in [3.8, 4) is 0 Å². The zero-order chi connectivity index (χ0) is 21.0. The molecule has 1 unspecified atom stereocenters. The Morgan fingerprint density at radius 1 is 1.33 bits per heavy atom. The molecule has 1 heterocycles. The highest BCUT2D eigenvalue weighted by Crippen LogP contribution is 2.39. The van der Waals surface area contributed by atoms with Gasteiger partial charge >= 0.3 is 6.09 Å². The van der Waals surface area contributed by atoms with Gasteiger partial charge in [-0.15, -0.1) is 0 Å². The second kappa shape index (κ2) is 8.79. The second-order valence-electron chi connectivity index (χ2n) is 9.77. The Morgan fingerprint density at radius 2 is 1.93 bits per heavy atom. The van der Waals surface area contributed by atoms with Gasteiger partial charge in [-0.05, 0) is 57.3 Å². The monoisotopic (exact) mass is 402 g/mol. The largest absolute Gasteiger partial charge is 0.444 e. The second-order valence-corrected chi connectivity index (χ2v) is 14.5. The number of halogens is 1. The molecule has 27 heavy (non-hydrogen) atoms. The van der Waals surface area contributed by atoms with Gasteiger partial charge in [-0.2, -0.15) is 0 Å². The summed E-state index contributed by atoms with van der Waals surface area (Å²) in [6.45, 7) is 16.4. The van der Waals surface area contributed by atoms with Crippen LogP contribution in [-0.4, -0.2) is 56.3 Å². The molecule has 1 saturated heterocycles. The van der Waals surface area contributed by atoms with Crippen LogP contribution in [0.4, 0.5) is 9.18 Å². The summed E-state index contributed by atoms with van der Waals surface area (Å²) >= 11 is 0. The van der Waals surface area contributed by atoms with Crippen LogP contribution in [0.25, 0.3) is 10.4 Å². The Balaban J connectivity index is 2.92. The van der Waals surface area contributed by atoms with E-state index in [4.69, 9.17) is 14.7 Å². The number of amides is 1. The molecule has 7 nitrogen and oxygen atoms in total. The van der Waals surface area contributed by atoms with Crippen LogP contribution in [0.1, 0.15) is 54.4 Å². The molecule has 156 valence electrons. The predicted octanol–water partition coefficient (Wildman–Crippen LogP) is 5.42. The molecule has 0 N–H and O–H groups in total. The summed E-state index contributed by atoms with van der Waals surface area (Å²) in [4.78, 5) is 16.8. The Bertz CT molecular complexity index is 568. The highest BCUT2D eigenvalue weighted by Gasteiger charge is 2.44. The lowest BCUT2D eigenvalue weighted by atomic mass is 10.1. The zero-order valence-corrected chi connectivity index (χ0v) is 19.0. The number of carbonyl (C=O) groups excluding carboxylic acids is 1. The Hall–Kier alpha value is -1.31. The molecule has 0 radical (unpaired) electrons. The highest BCUT2D eigenvalue weighted by molar-refractivity contribution is 6.74. The van der Waals surface area contributed by atoms with Gasteiger partial charge in [-0.1, -0.05) is 25.9 Å². The molecule has 1 fully saturated rings. The molecule has 9 heteroatoms. The minimum absolute atomic E-state index is 0.0476. The molecular weight excluding hydrogens is 367 g/mol. The number of azide groups is 1. The summed E-state index contributed by atoms with van der Waals surface area (Å²) in [5.74, 6) is 0. The average molecular weight is 403 g/mol. The van der Waals surface area contributed by atoms with Gasteiger partial charge < -0.3 is 14.1 Å². The van der Waals surface area contributed by atoms with Crippen LogP contribution in [0.2, 0.25) is 18.1 Å². The lowest BCUT2D eigenvalue weighted by Gasteiger charge is -2.38. The summed E-state index contributed by atoms with van der Waals surface area (Å²) in [7, 11) is -2.01. The lowest BCUT2D eigenvalue weighted by Crippen LogP contribution is -2.45. The number of alkyl halides is 1. The molecule has 0 aromatic heterocycles. The van der Waals surface area contributed by atoms with Crippen molar-refractivity contribution in [1.82, 2.24) is 4.90 Å². The standard InChI is InChI=1S/C18H35FN4O3Si/c1-17(2,3)25-16(24)23-12-15(26-27(7,8)18(4,5)6)10-14(23)9-13(19)11-21-22-20/h13-15H,9-12H2,1-8H3/t13?,14-,15+/m0/s1. The first-order valence-electron chi connectivity index (χ1n) is 9.48. The molecule has 1 amide bonds. The molecule has 0 aromatic carbocycles. The Kier molecular flexibility index (Phi) is 7.73. The van der Waals surface area contributed by atoms with Crippen LogP contribution >= 0.6 is 0 Å². The van der Waals surface area contributed by atoms with E-state index in [1.807, 2.05) is 0 Å². The number of hydrogen-bond donors (Lipinski definition) is 0. The summed E-state index contributed by atoms with van der Waals surface area (Å²) in [5, 5.41) is 3.35. The number of ether oxygens (including phenoxy) is 1. The van der Waals surface area contributed by atoms with Crippen molar-refractivity contribution in [3.05, 3.63) is 10.4 Å². The maximum atomic E-state index is 14.2. The van der Waals surface area contributed by atoms with Crippen molar-refractivity contribution in [2.24, 2.45) is 5.11 Å². The Labute approximate surface area is 163 Å². The van der Waals surface area contributed by atoms with Gasteiger partial charge in [0.15, 0.2) is 8.32 Å². The highest BCUT2D eigenvalue weighted by atomic mass is 28.4.